The molecule has 0 aliphatic carbocycles. The van der Waals surface area contributed by atoms with Gasteiger partial charge in [0.25, 0.3) is 0 Å². The summed E-state index contributed by atoms with van der Waals surface area (Å²) in [5.41, 5.74) is 12.9. The minimum Gasteiger partial charge on any atom is -0.490 e. The van der Waals surface area contributed by atoms with Crippen molar-refractivity contribution >= 4 is 39.9 Å². The molecule has 0 saturated carbocycles. The standard InChI is InChI=1S/C27H30N6O3/c1-17(28)32-12-10-24(11-13-32)36-23-8-6-22(7-9-23)33(27(35)26(31)34)16-18-2-3-19-4-5-20(25(29)30)15-21(19)14-18/h2-9,14-15,24,28H,10-13,16H2,1H3,(H3,29,30)(H2,31,34). The Labute approximate surface area is 209 Å². The highest BCUT2D eigenvalue weighted by Crippen LogP contribution is 2.26. The number of primary amides is 1. The Kier molecular flexibility index (Phi) is 7.19. The minimum atomic E-state index is -1.04. The van der Waals surface area contributed by atoms with Crippen LogP contribution in [-0.4, -0.2) is 47.6 Å². The summed E-state index contributed by atoms with van der Waals surface area (Å²) >= 11 is 0. The van der Waals surface area contributed by atoms with Gasteiger partial charge >= 0.3 is 11.8 Å². The van der Waals surface area contributed by atoms with E-state index < -0.39 is 11.8 Å². The third kappa shape index (κ3) is 5.63. The molecule has 36 heavy (non-hydrogen) atoms. The lowest BCUT2D eigenvalue weighted by molar-refractivity contribution is -0.135. The number of carbonyl (C=O) groups excluding carboxylic acids is 2. The molecule has 0 bridgehead atoms. The molecule has 186 valence electrons. The molecule has 0 aromatic heterocycles. The van der Waals surface area contributed by atoms with E-state index in [2.05, 4.69) is 0 Å². The first-order valence-electron chi connectivity index (χ1n) is 11.8. The smallest absolute Gasteiger partial charge is 0.316 e. The van der Waals surface area contributed by atoms with Crippen LogP contribution in [0.4, 0.5) is 5.69 Å². The molecule has 1 aliphatic rings. The topological polar surface area (TPSA) is 150 Å². The molecule has 1 saturated heterocycles. The molecule has 0 atom stereocenters. The summed E-state index contributed by atoms with van der Waals surface area (Å²) in [5, 5.41) is 17.3. The summed E-state index contributed by atoms with van der Waals surface area (Å²) in [7, 11) is 0. The Morgan fingerprint density at radius 2 is 1.64 bits per heavy atom. The number of nitrogen functional groups attached to an aromatic ring is 1. The first-order chi connectivity index (χ1) is 17.2. The molecule has 1 fully saturated rings. The van der Waals surface area contributed by atoms with E-state index in [1.54, 1.807) is 37.3 Å². The molecule has 0 spiro atoms. The van der Waals surface area contributed by atoms with E-state index in [4.69, 9.17) is 27.0 Å². The van der Waals surface area contributed by atoms with Gasteiger partial charge in [0.1, 0.15) is 17.7 Å². The van der Waals surface area contributed by atoms with Crippen molar-refractivity contribution in [1.29, 1.82) is 10.8 Å². The van der Waals surface area contributed by atoms with E-state index in [0.29, 0.717) is 22.8 Å². The summed E-state index contributed by atoms with van der Waals surface area (Å²) in [4.78, 5) is 27.9. The number of likely N-dealkylation sites (tertiary alicyclic amines) is 1. The molecule has 0 radical (unpaired) electrons. The van der Waals surface area contributed by atoms with Crippen LogP contribution in [0.2, 0.25) is 0 Å². The predicted octanol–water partition coefficient (Wildman–Crippen LogP) is 2.98. The third-order valence-corrected chi connectivity index (χ3v) is 6.38. The second-order valence-electron chi connectivity index (χ2n) is 8.95. The van der Waals surface area contributed by atoms with Crippen LogP contribution in [0.15, 0.2) is 60.7 Å². The zero-order valence-corrected chi connectivity index (χ0v) is 20.2. The number of amides is 2. The fraction of sp³-hybridized carbons (Fsp3) is 0.259. The number of nitrogens with two attached hydrogens (primary N) is 2. The summed E-state index contributed by atoms with van der Waals surface area (Å²) in [6, 6.07) is 18.2. The predicted molar refractivity (Wildman–Crippen MR) is 140 cm³/mol. The normalized spacial score (nSPS) is 13.9. The first kappa shape index (κ1) is 24.7. The largest absolute Gasteiger partial charge is 0.490 e. The van der Waals surface area contributed by atoms with Crippen molar-refractivity contribution in [3.8, 4) is 5.75 Å². The second kappa shape index (κ2) is 10.5. The van der Waals surface area contributed by atoms with Crippen molar-refractivity contribution in [3.63, 3.8) is 0 Å². The van der Waals surface area contributed by atoms with Crippen molar-refractivity contribution in [1.82, 2.24) is 4.90 Å². The molecule has 4 rings (SSSR count). The number of hydrogen-bond acceptors (Lipinski definition) is 5. The van der Waals surface area contributed by atoms with Crippen molar-refractivity contribution in [2.45, 2.75) is 32.4 Å². The van der Waals surface area contributed by atoms with Gasteiger partial charge in [-0.25, -0.2) is 0 Å². The molecule has 1 heterocycles. The van der Waals surface area contributed by atoms with Crippen LogP contribution in [0.3, 0.4) is 0 Å². The number of ether oxygens (including phenoxy) is 1. The van der Waals surface area contributed by atoms with E-state index in [9.17, 15) is 9.59 Å². The number of fused-ring (bicyclic) bond motifs is 1. The van der Waals surface area contributed by atoms with Crippen molar-refractivity contribution in [3.05, 3.63) is 71.8 Å². The number of amidine groups is 2. The summed E-state index contributed by atoms with van der Waals surface area (Å²) in [6.45, 7) is 3.52. The molecule has 6 N–H and O–H groups in total. The number of hydrogen-bond donors (Lipinski definition) is 4. The van der Waals surface area contributed by atoms with Gasteiger partial charge in [-0.1, -0.05) is 24.3 Å². The minimum absolute atomic E-state index is 0.0227. The average molecular weight is 487 g/mol. The molecule has 3 aromatic rings. The van der Waals surface area contributed by atoms with Crippen molar-refractivity contribution < 1.29 is 14.3 Å². The van der Waals surface area contributed by atoms with E-state index >= 15 is 0 Å². The molecule has 9 nitrogen and oxygen atoms in total. The van der Waals surface area contributed by atoms with Gasteiger partial charge in [0.15, 0.2) is 0 Å². The highest BCUT2D eigenvalue weighted by atomic mass is 16.5. The van der Waals surface area contributed by atoms with Crippen LogP contribution in [0.1, 0.15) is 30.9 Å². The fourth-order valence-electron chi connectivity index (χ4n) is 4.36. The summed E-state index contributed by atoms with van der Waals surface area (Å²) in [6.07, 6.45) is 1.72. The molecule has 9 heteroatoms. The van der Waals surface area contributed by atoms with Crippen LogP contribution in [0.5, 0.6) is 5.75 Å². The van der Waals surface area contributed by atoms with E-state index in [1.807, 2.05) is 35.2 Å². The quantitative estimate of drug-likeness (QED) is 0.240. The molecular formula is C27H30N6O3. The SMILES string of the molecule is CC(=N)N1CCC(Oc2ccc(N(Cc3ccc4ccc(C(=N)N)cc4c3)C(=O)C(N)=O)cc2)CC1. The second-order valence-corrected chi connectivity index (χ2v) is 8.95. The van der Waals surface area contributed by atoms with Crippen LogP contribution in [-0.2, 0) is 16.1 Å². The molecule has 1 aliphatic heterocycles. The zero-order valence-electron chi connectivity index (χ0n) is 20.2. The van der Waals surface area contributed by atoms with Gasteiger partial charge in [-0.05, 0) is 59.7 Å². The fourth-order valence-corrected chi connectivity index (χ4v) is 4.36. The van der Waals surface area contributed by atoms with Crippen LogP contribution in [0.25, 0.3) is 10.8 Å². The number of carbonyl (C=O) groups is 2. The number of benzene rings is 3. The summed E-state index contributed by atoms with van der Waals surface area (Å²) < 4.78 is 6.10. The highest BCUT2D eigenvalue weighted by Gasteiger charge is 2.23. The molecule has 2 amide bonds. The maximum atomic E-state index is 12.7. The lowest BCUT2D eigenvalue weighted by atomic mass is 10.0. The number of anilines is 1. The Hall–Kier alpha value is -4.40. The Balaban J connectivity index is 1.51. The molecule has 3 aromatic carbocycles. The monoisotopic (exact) mass is 486 g/mol. The van der Waals surface area contributed by atoms with E-state index in [-0.39, 0.29) is 18.5 Å². The van der Waals surface area contributed by atoms with Gasteiger partial charge in [-0.2, -0.15) is 0 Å². The van der Waals surface area contributed by atoms with Crippen LogP contribution < -0.4 is 21.1 Å². The average Bonchev–Trinajstić information content (AvgIpc) is 2.87. The van der Waals surface area contributed by atoms with Gasteiger partial charge in [-0.15, -0.1) is 0 Å². The van der Waals surface area contributed by atoms with Crippen LogP contribution in [0, 0.1) is 10.8 Å². The van der Waals surface area contributed by atoms with Crippen molar-refractivity contribution in [2.24, 2.45) is 11.5 Å². The molecular weight excluding hydrogens is 456 g/mol. The highest BCUT2D eigenvalue weighted by molar-refractivity contribution is 6.39. The lowest BCUT2D eigenvalue weighted by Crippen LogP contribution is -2.40. The maximum Gasteiger partial charge on any atom is 0.316 e. The maximum absolute atomic E-state index is 12.7. The number of rotatable bonds is 6. The van der Waals surface area contributed by atoms with E-state index in [0.717, 1.165) is 42.3 Å². The first-order valence-corrected chi connectivity index (χ1v) is 11.8. The third-order valence-electron chi connectivity index (χ3n) is 6.38. The van der Waals surface area contributed by atoms with Gasteiger partial charge in [0, 0.05) is 37.2 Å². The van der Waals surface area contributed by atoms with Crippen molar-refractivity contribution in [2.75, 3.05) is 18.0 Å². The Bertz CT molecular complexity index is 1310. The number of nitrogens with zero attached hydrogens (tertiary/aromatic N) is 2. The Morgan fingerprint density at radius 1 is 0.972 bits per heavy atom. The van der Waals surface area contributed by atoms with Gasteiger partial charge in [-0.3, -0.25) is 25.3 Å². The lowest BCUT2D eigenvalue weighted by Gasteiger charge is -2.32. The van der Waals surface area contributed by atoms with Gasteiger partial charge < -0.3 is 21.1 Å². The number of piperidine rings is 1. The molecule has 0 unspecified atom stereocenters. The Morgan fingerprint density at radius 3 is 2.25 bits per heavy atom. The number of nitrogens with one attached hydrogen (secondary N) is 2. The zero-order chi connectivity index (χ0) is 25.8. The van der Waals surface area contributed by atoms with Gasteiger partial charge in [0.2, 0.25) is 0 Å². The summed E-state index contributed by atoms with van der Waals surface area (Å²) in [5.74, 6) is -0.621. The van der Waals surface area contributed by atoms with Gasteiger partial charge in [0.05, 0.1) is 12.4 Å². The van der Waals surface area contributed by atoms with E-state index in [1.165, 1.54) is 4.90 Å². The van der Waals surface area contributed by atoms with Crippen LogP contribution >= 0.6 is 0 Å².